The van der Waals surface area contributed by atoms with E-state index in [0.29, 0.717) is 6.42 Å². The van der Waals surface area contributed by atoms with E-state index in [4.69, 9.17) is 10.2 Å². The summed E-state index contributed by atoms with van der Waals surface area (Å²) in [6.07, 6.45) is 2.34. The molecule has 0 amide bonds. The minimum Gasteiger partial charge on any atom is -0.478 e. The van der Waals surface area contributed by atoms with Crippen LogP contribution in [0.4, 0.5) is 0 Å². The molecule has 0 saturated carbocycles. The molecule has 2 rings (SSSR count). The van der Waals surface area contributed by atoms with Gasteiger partial charge in [-0.3, -0.25) is 0 Å². The largest absolute Gasteiger partial charge is 0.478 e. The van der Waals surface area contributed by atoms with Crippen LogP contribution in [-0.4, -0.2) is 22.2 Å². The first-order chi connectivity index (χ1) is 10.5. The summed E-state index contributed by atoms with van der Waals surface area (Å²) in [6.45, 7) is 2.10. The van der Waals surface area contributed by atoms with E-state index in [1.54, 1.807) is 0 Å². The van der Waals surface area contributed by atoms with Crippen molar-refractivity contribution in [2.75, 3.05) is 0 Å². The minimum absolute atomic E-state index is 0.0104. The third-order valence-electron chi connectivity index (χ3n) is 3.62. The first-order valence-electron chi connectivity index (χ1n) is 7.18. The lowest BCUT2D eigenvalue weighted by molar-refractivity contribution is 0.0696. The summed E-state index contributed by atoms with van der Waals surface area (Å²) < 4.78 is 0. The van der Waals surface area contributed by atoms with Gasteiger partial charge in [0.05, 0.1) is 11.1 Å². The molecule has 0 aliphatic heterocycles. The highest BCUT2D eigenvalue weighted by Crippen LogP contribution is 2.14. The van der Waals surface area contributed by atoms with Crippen molar-refractivity contribution in [3.63, 3.8) is 0 Å². The number of hydrogen-bond acceptors (Lipinski definition) is 2. The van der Waals surface area contributed by atoms with Crippen molar-refractivity contribution < 1.29 is 19.8 Å². The molecule has 4 heteroatoms. The third kappa shape index (κ3) is 3.95. The van der Waals surface area contributed by atoms with Crippen molar-refractivity contribution in [2.45, 2.75) is 26.2 Å². The van der Waals surface area contributed by atoms with E-state index in [9.17, 15) is 9.59 Å². The van der Waals surface area contributed by atoms with Crippen LogP contribution >= 0.6 is 0 Å². The Morgan fingerprint density at radius 3 is 1.68 bits per heavy atom. The van der Waals surface area contributed by atoms with Crippen LogP contribution in [0, 0.1) is 0 Å². The van der Waals surface area contributed by atoms with Gasteiger partial charge in [0.1, 0.15) is 0 Å². The van der Waals surface area contributed by atoms with Crippen LogP contribution in [-0.2, 0) is 19.3 Å². The van der Waals surface area contributed by atoms with Gasteiger partial charge in [-0.1, -0.05) is 31.2 Å². The molecule has 22 heavy (non-hydrogen) atoms. The van der Waals surface area contributed by atoms with E-state index in [1.165, 1.54) is 23.8 Å². The number of hydrogen-bond donors (Lipinski definition) is 2. The first-order valence-corrected chi connectivity index (χ1v) is 7.18. The molecule has 0 fully saturated rings. The quantitative estimate of drug-likeness (QED) is 0.856. The zero-order chi connectivity index (χ0) is 16.1. The lowest BCUT2D eigenvalue weighted by Gasteiger charge is -2.06. The topological polar surface area (TPSA) is 74.6 Å². The van der Waals surface area contributed by atoms with Gasteiger partial charge in [0, 0.05) is 0 Å². The lowest BCUT2D eigenvalue weighted by Crippen LogP contribution is -2.05. The Balaban J connectivity index is 2.17. The Labute approximate surface area is 129 Å². The van der Waals surface area contributed by atoms with Gasteiger partial charge in [-0.25, -0.2) is 9.59 Å². The van der Waals surface area contributed by atoms with Crippen LogP contribution in [0.2, 0.25) is 0 Å². The third-order valence-corrected chi connectivity index (χ3v) is 3.62. The Morgan fingerprint density at radius 1 is 0.773 bits per heavy atom. The van der Waals surface area contributed by atoms with Crippen molar-refractivity contribution >= 4 is 11.9 Å². The van der Waals surface area contributed by atoms with Gasteiger partial charge in [-0.15, -0.1) is 0 Å². The maximum Gasteiger partial charge on any atom is 0.335 e. The van der Waals surface area contributed by atoms with Crippen molar-refractivity contribution in [2.24, 2.45) is 0 Å². The number of benzene rings is 2. The number of carboxylic acid groups (broad SMARTS) is 2. The van der Waals surface area contributed by atoms with Crippen LogP contribution in [0.25, 0.3) is 0 Å². The number of aryl methyl sites for hydroxylation is 3. The fraction of sp³-hybridized carbons (Fsp3) is 0.222. The summed E-state index contributed by atoms with van der Waals surface area (Å²) in [5, 5.41) is 18.1. The van der Waals surface area contributed by atoms with E-state index >= 15 is 0 Å². The van der Waals surface area contributed by atoms with Crippen LogP contribution in [0.3, 0.4) is 0 Å². The van der Waals surface area contributed by atoms with Gasteiger partial charge < -0.3 is 10.2 Å². The smallest absolute Gasteiger partial charge is 0.335 e. The molecule has 0 aliphatic carbocycles. The lowest BCUT2D eigenvalue weighted by atomic mass is 9.99. The summed E-state index contributed by atoms with van der Waals surface area (Å²) in [7, 11) is 0. The van der Waals surface area contributed by atoms with E-state index < -0.39 is 11.9 Å². The average molecular weight is 298 g/mol. The van der Waals surface area contributed by atoms with Gasteiger partial charge in [0.2, 0.25) is 0 Å². The second-order valence-electron chi connectivity index (χ2n) is 5.20. The number of aromatic carboxylic acids is 2. The van der Waals surface area contributed by atoms with Gasteiger partial charge >= 0.3 is 11.9 Å². The highest BCUT2D eigenvalue weighted by molar-refractivity contribution is 5.94. The molecule has 2 N–H and O–H groups in total. The standard InChI is InChI=1S/C18H18O4/c1-2-12-3-5-13(6-4-12)7-8-14-9-15(17(19)20)11-16(10-14)18(21)22/h3-6,9-11H,2,7-8H2,1H3,(H,19,20)(H,21,22). The predicted octanol–water partition coefficient (Wildman–Crippen LogP) is 3.43. The molecule has 4 nitrogen and oxygen atoms in total. The predicted molar refractivity (Wildman–Crippen MR) is 83.6 cm³/mol. The van der Waals surface area contributed by atoms with E-state index in [2.05, 4.69) is 31.2 Å². The van der Waals surface area contributed by atoms with Gasteiger partial charge in [-0.05, 0) is 54.2 Å². The molecule has 0 atom stereocenters. The van der Waals surface area contributed by atoms with Crippen LogP contribution < -0.4 is 0 Å². The van der Waals surface area contributed by atoms with Crippen LogP contribution in [0.5, 0.6) is 0 Å². The zero-order valence-electron chi connectivity index (χ0n) is 12.4. The van der Waals surface area contributed by atoms with Crippen molar-refractivity contribution in [3.05, 3.63) is 70.3 Å². The van der Waals surface area contributed by atoms with Gasteiger partial charge in [-0.2, -0.15) is 0 Å². The Hall–Kier alpha value is -2.62. The molecule has 0 aromatic heterocycles. The number of carboxylic acids is 2. The summed E-state index contributed by atoms with van der Waals surface area (Å²) in [5.41, 5.74) is 3.16. The number of carbonyl (C=O) groups is 2. The number of rotatable bonds is 6. The molecule has 0 bridgehead atoms. The Bertz CT molecular complexity index is 654. The molecule has 0 unspecified atom stereocenters. The highest BCUT2D eigenvalue weighted by atomic mass is 16.4. The van der Waals surface area contributed by atoms with Crippen LogP contribution in [0.15, 0.2) is 42.5 Å². The van der Waals surface area contributed by atoms with E-state index in [0.717, 1.165) is 24.0 Å². The minimum atomic E-state index is -1.11. The van der Waals surface area contributed by atoms with Crippen molar-refractivity contribution in [3.8, 4) is 0 Å². The Kier molecular flexibility index (Phi) is 4.94. The second kappa shape index (κ2) is 6.89. The monoisotopic (exact) mass is 298 g/mol. The molecule has 2 aromatic rings. The first kappa shape index (κ1) is 15.8. The molecule has 114 valence electrons. The van der Waals surface area contributed by atoms with Crippen molar-refractivity contribution in [1.82, 2.24) is 0 Å². The highest BCUT2D eigenvalue weighted by Gasteiger charge is 2.11. The van der Waals surface area contributed by atoms with E-state index in [-0.39, 0.29) is 11.1 Å². The maximum absolute atomic E-state index is 11.1. The average Bonchev–Trinajstić information content (AvgIpc) is 2.53. The molecule has 0 saturated heterocycles. The summed E-state index contributed by atoms with van der Waals surface area (Å²) in [6, 6.07) is 12.5. The maximum atomic E-state index is 11.1. The molecule has 0 aliphatic rings. The molecular weight excluding hydrogens is 280 g/mol. The normalized spacial score (nSPS) is 10.4. The summed E-state index contributed by atoms with van der Waals surface area (Å²) >= 11 is 0. The van der Waals surface area contributed by atoms with E-state index in [1.807, 2.05) is 0 Å². The summed E-state index contributed by atoms with van der Waals surface area (Å²) in [5.74, 6) is -2.23. The van der Waals surface area contributed by atoms with Gasteiger partial charge in [0.25, 0.3) is 0 Å². The summed E-state index contributed by atoms with van der Waals surface area (Å²) in [4.78, 5) is 22.2. The van der Waals surface area contributed by atoms with Crippen LogP contribution in [0.1, 0.15) is 44.3 Å². The second-order valence-corrected chi connectivity index (χ2v) is 5.20. The molecule has 0 radical (unpaired) electrons. The van der Waals surface area contributed by atoms with Crippen molar-refractivity contribution in [1.29, 1.82) is 0 Å². The molecule has 2 aromatic carbocycles. The SMILES string of the molecule is CCc1ccc(CCc2cc(C(=O)O)cc(C(=O)O)c2)cc1. The fourth-order valence-corrected chi connectivity index (χ4v) is 2.31. The molecule has 0 heterocycles. The Morgan fingerprint density at radius 2 is 1.23 bits per heavy atom. The van der Waals surface area contributed by atoms with Gasteiger partial charge in [0.15, 0.2) is 0 Å². The zero-order valence-corrected chi connectivity index (χ0v) is 12.4. The fourth-order valence-electron chi connectivity index (χ4n) is 2.31. The molecule has 0 spiro atoms. The molecular formula is C18H18O4.